The van der Waals surface area contributed by atoms with Crippen LogP contribution in [0.5, 0.6) is 11.5 Å². The zero-order valence-corrected chi connectivity index (χ0v) is 13.8. The first-order chi connectivity index (χ1) is 12.2. The van der Waals surface area contributed by atoms with E-state index in [0.717, 1.165) is 17.7 Å². The summed E-state index contributed by atoms with van der Waals surface area (Å²) < 4.78 is 33.1. The van der Waals surface area contributed by atoms with Crippen LogP contribution in [0.2, 0.25) is 0 Å². The molecule has 0 aliphatic heterocycles. The summed E-state index contributed by atoms with van der Waals surface area (Å²) in [4.78, 5) is 4.22. The molecule has 0 saturated heterocycles. The molecular formula is C20H18F2N2O. The summed E-state index contributed by atoms with van der Waals surface area (Å²) in [6.07, 6.45) is 2.45. The van der Waals surface area contributed by atoms with Crippen LogP contribution < -0.4 is 10.1 Å². The molecule has 2 aromatic carbocycles. The summed E-state index contributed by atoms with van der Waals surface area (Å²) in [5, 5.41) is 2.91. The molecule has 0 radical (unpaired) electrons. The number of hydrogen-bond donors (Lipinski definition) is 1. The number of anilines is 1. The van der Waals surface area contributed by atoms with Gasteiger partial charge in [0.15, 0.2) is 0 Å². The van der Waals surface area contributed by atoms with E-state index in [1.165, 1.54) is 18.2 Å². The van der Waals surface area contributed by atoms with Gasteiger partial charge in [0.25, 0.3) is 0 Å². The number of halogens is 2. The van der Waals surface area contributed by atoms with Crippen molar-refractivity contribution >= 4 is 5.82 Å². The van der Waals surface area contributed by atoms with Gasteiger partial charge in [-0.25, -0.2) is 13.8 Å². The average molecular weight is 340 g/mol. The van der Waals surface area contributed by atoms with Gasteiger partial charge in [-0.15, -0.1) is 0 Å². The van der Waals surface area contributed by atoms with Crippen LogP contribution in [-0.4, -0.2) is 4.98 Å². The van der Waals surface area contributed by atoms with Crippen LogP contribution in [0.15, 0.2) is 60.8 Å². The Labute approximate surface area is 145 Å². The van der Waals surface area contributed by atoms with E-state index in [1.807, 2.05) is 24.3 Å². The van der Waals surface area contributed by atoms with E-state index in [1.54, 1.807) is 18.3 Å². The zero-order chi connectivity index (χ0) is 17.6. The van der Waals surface area contributed by atoms with Crippen LogP contribution in [0, 0.1) is 11.6 Å². The minimum atomic E-state index is -0.580. The van der Waals surface area contributed by atoms with Crippen LogP contribution in [0.3, 0.4) is 0 Å². The van der Waals surface area contributed by atoms with Gasteiger partial charge >= 0.3 is 0 Å². The third-order valence-corrected chi connectivity index (χ3v) is 3.83. The normalized spacial score (nSPS) is 10.5. The van der Waals surface area contributed by atoms with Gasteiger partial charge in [0.2, 0.25) is 0 Å². The number of pyridine rings is 1. The van der Waals surface area contributed by atoms with Crippen molar-refractivity contribution in [3.8, 4) is 11.5 Å². The number of para-hydroxylation sites is 1. The Morgan fingerprint density at radius 1 is 0.960 bits per heavy atom. The molecule has 25 heavy (non-hydrogen) atoms. The van der Waals surface area contributed by atoms with Gasteiger partial charge in [-0.3, -0.25) is 0 Å². The molecule has 1 N–H and O–H groups in total. The van der Waals surface area contributed by atoms with Crippen LogP contribution >= 0.6 is 0 Å². The molecule has 5 heteroatoms. The minimum absolute atomic E-state index is 0.0125. The van der Waals surface area contributed by atoms with E-state index in [4.69, 9.17) is 4.74 Å². The van der Waals surface area contributed by atoms with Crippen molar-refractivity contribution in [3.05, 3.63) is 83.6 Å². The fourth-order valence-corrected chi connectivity index (χ4v) is 2.45. The van der Waals surface area contributed by atoms with Gasteiger partial charge in [-0.05, 0) is 42.3 Å². The highest BCUT2D eigenvalue weighted by molar-refractivity contribution is 5.42. The van der Waals surface area contributed by atoms with Gasteiger partial charge in [-0.2, -0.15) is 0 Å². The largest absolute Gasteiger partial charge is 0.455 e. The smallest absolute Gasteiger partial charge is 0.145 e. The molecule has 1 aromatic heterocycles. The van der Waals surface area contributed by atoms with E-state index in [0.29, 0.717) is 11.6 Å². The summed E-state index contributed by atoms with van der Waals surface area (Å²) in [7, 11) is 0. The first-order valence-corrected chi connectivity index (χ1v) is 8.06. The van der Waals surface area contributed by atoms with E-state index in [-0.39, 0.29) is 12.1 Å². The molecule has 3 rings (SSSR count). The standard InChI is InChI=1S/C20H18F2N2O/c1-2-14-6-3-4-9-19(14)25-15-10-11-20(23-12-15)24-13-16-17(21)7-5-8-18(16)22/h3-12H,2,13H2,1H3,(H,23,24). The van der Waals surface area contributed by atoms with Crippen molar-refractivity contribution < 1.29 is 13.5 Å². The molecule has 0 unspecified atom stereocenters. The summed E-state index contributed by atoms with van der Waals surface area (Å²) in [5.41, 5.74) is 1.10. The average Bonchev–Trinajstić information content (AvgIpc) is 2.63. The summed E-state index contributed by atoms with van der Waals surface area (Å²) in [6.45, 7) is 2.08. The zero-order valence-electron chi connectivity index (χ0n) is 13.8. The number of aryl methyl sites for hydroxylation is 1. The second-order valence-electron chi connectivity index (χ2n) is 5.50. The Bertz CT molecular complexity index is 830. The lowest BCUT2D eigenvalue weighted by Crippen LogP contribution is -2.05. The first kappa shape index (κ1) is 16.9. The number of rotatable bonds is 6. The van der Waals surface area contributed by atoms with Crippen molar-refractivity contribution in [3.63, 3.8) is 0 Å². The van der Waals surface area contributed by atoms with E-state index in [2.05, 4.69) is 17.2 Å². The molecule has 0 fully saturated rings. The Kier molecular flexibility index (Phi) is 5.23. The summed E-state index contributed by atoms with van der Waals surface area (Å²) in [5.74, 6) is 0.746. The van der Waals surface area contributed by atoms with Crippen LogP contribution in [-0.2, 0) is 13.0 Å². The molecule has 0 bridgehead atoms. The Morgan fingerprint density at radius 3 is 2.40 bits per heavy atom. The number of nitrogens with one attached hydrogen (secondary N) is 1. The van der Waals surface area contributed by atoms with Gasteiger partial charge < -0.3 is 10.1 Å². The SMILES string of the molecule is CCc1ccccc1Oc1ccc(NCc2c(F)cccc2F)nc1. The maximum atomic E-state index is 13.6. The molecule has 0 amide bonds. The first-order valence-electron chi connectivity index (χ1n) is 8.06. The van der Waals surface area contributed by atoms with E-state index >= 15 is 0 Å². The van der Waals surface area contributed by atoms with Crippen molar-refractivity contribution in [2.24, 2.45) is 0 Å². The molecule has 3 aromatic rings. The maximum absolute atomic E-state index is 13.6. The van der Waals surface area contributed by atoms with Gasteiger partial charge in [0.05, 0.1) is 6.20 Å². The second-order valence-corrected chi connectivity index (χ2v) is 5.50. The van der Waals surface area contributed by atoms with Crippen LogP contribution in [0.4, 0.5) is 14.6 Å². The lowest BCUT2D eigenvalue weighted by atomic mass is 10.1. The quantitative estimate of drug-likeness (QED) is 0.659. The monoisotopic (exact) mass is 340 g/mol. The number of benzene rings is 2. The van der Waals surface area contributed by atoms with Crippen LogP contribution in [0.1, 0.15) is 18.1 Å². The van der Waals surface area contributed by atoms with Gasteiger partial charge in [0, 0.05) is 12.1 Å². The van der Waals surface area contributed by atoms with Crippen molar-refractivity contribution in [2.45, 2.75) is 19.9 Å². The number of ether oxygens (including phenoxy) is 1. The van der Waals surface area contributed by atoms with Crippen molar-refractivity contribution in [2.75, 3.05) is 5.32 Å². The minimum Gasteiger partial charge on any atom is -0.455 e. The van der Waals surface area contributed by atoms with Crippen LogP contribution in [0.25, 0.3) is 0 Å². The molecular weight excluding hydrogens is 322 g/mol. The van der Waals surface area contributed by atoms with Crippen molar-refractivity contribution in [1.29, 1.82) is 0 Å². The Morgan fingerprint density at radius 2 is 1.72 bits per heavy atom. The van der Waals surface area contributed by atoms with E-state index in [9.17, 15) is 8.78 Å². The third-order valence-electron chi connectivity index (χ3n) is 3.83. The molecule has 3 nitrogen and oxygen atoms in total. The number of aromatic nitrogens is 1. The topological polar surface area (TPSA) is 34.1 Å². The summed E-state index contributed by atoms with van der Waals surface area (Å²) in [6, 6.07) is 15.1. The van der Waals surface area contributed by atoms with Gasteiger partial charge in [0.1, 0.15) is 29.0 Å². The van der Waals surface area contributed by atoms with Gasteiger partial charge in [-0.1, -0.05) is 31.2 Å². The van der Waals surface area contributed by atoms with E-state index < -0.39 is 11.6 Å². The Balaban J connectivity index is 1.66. The lowest BCUT2D eigenvalue weighted by Gasteiger charge is -2.11. The Hall–Kier alpha value is -2.95. The third kappa shape index (κ3) is 4.12. The molecule has 0 aliphatic rings. The molecule has 0 aliphatic carbocycles. The molecule has 0 atom stereocenters. The number of nitrogens with zero attached hydrogens (tertiary/aromatic N) is 1. The molecule has 128 valence electrons. The highest BCUT2D eigenvalue weighted by Crippen LogP contribution is 2.25. The maximum Gasteiger partial charge on any atom is 0.145 e. The highest BCUT2D eigenvalue weighted by Gasteiger charge is 2.08. The number of hydrogen-bond acceptors (Lipinski definition) is 3. The fourth-order valence-electron chi connectivity index (χ4n) is 2.45. The predicted octanol–water partition coefficient (Wildman–Crippen LogP) is 5.33. The highest BCUT2D eigenvalue weighted by atomic mass is 19.1. The fraction of sp³-hybridized carbons (Fsp3) is 0.150. The second kappa shape index (κ2) is 7.75. The predicted molar refractivity (Wildman–Crippen MR) is 93.8 cm³/mol. The lowest BCUT2D eigenvalue weighted by molar-refractivity contribution is 0.474. The molecule has 0 saturated carbocycles. The van der Waals surface area contributed by atoms with Crippen molar-refractivity contribution in [1.82, 2.24) is 4.98 Å². The molecule has 1 heterocycles. The summed E-state index contributed by atoms with van der Waals surface area (Å²) >= 11 is 0. The molecule has 0 spiro atoms.